The van der Waals surface area contributed by atoms with Crippen molar-refractivity contribution in [3.05, 3.63) is 29.8 Å². The summed E-state index contributed by atoms with van der Waals surface area (Å²) in [5.41, 5.74) is 1.70. The summed E-state index contributed by atoms with van der Waals surface area (Å²) < 4.78 is 0. The van der Waals surface area contributed by atoms with E-state index in [2.05, 4.69) is 31.4 Å². The van der Waals surface area contributed by atoms with Gasteiger partial charge in [0.05, 0.1) is 6.61 Å². The monoisotopic (exact) mass is 280 g/mol. The zero-order chi connectivity index (χ0) is 15.3. The number of benzene rings is 1. The predicted molar refractivity (Wildman–Crippen MR) is 75.8 cm³/mol. The number of carboxylic acid groups (broad SMARTS) is 1. The molecule has 6 heteroatoms. The van der Waals surface area contributed by atoms with E-state index < -0.39 is 24.6 Å². The topological polar surface area (TPSA) is 98.7 Å². The van der Waals surface area contributed by atoms with Crippen LogP contribution in [0.4, 0.5) is 10.5 Å². The van der Waals surface area contributed by atoms with Crippen molar-refractivity contribution in [3.63, 3.8) is 0 Å². The smallest absolute Gasteiger partial charge is 0.328 e. The maximum absolute atomic E-state index is 11.6. The van der Waals surface area contributed by atoms with E-state index in [-0.39, 0.29) is 5.41 Å². The minimum Gasteiger partial charge on any atom is -0.480 e. The summed E-state index contributed by atoms with van der Waals surface area (Å²) in [7, 11) is 0. The van der Waals surface area contributed by atoms with Gasteiger partial charge in [0.2, 0.25) is 0 Å². The molecule has 0 aliphatic heterocycles. The first-order chi connectivity index (χ1) is 9.24. The summed E-state index contributed by atoms with van der Waals surface area (Å²) in [4.78, 5) is 22.2. The third-order valence-electron chi connectivity index (χ3n) is 2.79. The van der Waals surface area contributed by atoms with Gasteiger partial charge in [-0.05, 0) is 23.1 Å². The molecule has 0 aliphatic rings. The van der Waals surface area contributed by atoms with E-state index in [1.807, 2.05) is 12.1 Å². The van der Waals surface area contributed by atoms with Gasteiger partial charge in [0.25, 0.3) is 0 Å². The number of carboxylic acids is 1. The van der Waals surface area contributed by atoms with Crippen molar-refractivity contribution in [2.24, 2.45) is 0 Å². The van der Waals surface area contributed by atoms with Crippen LogP contribution in [-0.4, -0.2) is 34.9 Å². The fourth-order valence-corrected chi connectivity index (χ4v) is 1.56. The van der Waals surface area contributed by atoms with E-state index >= 15 is 0 Å². The lowest BCUT2D eigenvalue weighted by Crippen LogP contribution is -2.45. The van der Waals surface area contributed by atoms with Crippen molar-refractivity contribution >= 4 is 17.7 Å². The first-order valence-corrected chi connectivity index (χ1v) is 6.26. The van der Waals surface area contributed by atoms with E-state index in [0.717, 1.165) is 5.56 Å². The second-order valence-corrected chi connectivity index (χ2v) is 5.50. The first kappa shape index (κ1) is 16.0. The third kappa shape index (κ3) is 4.55. The number of amides is 2. The Kier molecular flexibility index (Phi) is 5.10. The number of nitrogens with one attached hydrogen (secondary N) is 2. The van der Waals surface area contributed by atoms with Crippen molar-refractivity contribution in [2.75, 3.05) is 11.9 Å². The number of anilines is 1. The predicted octanol–water partition coefficient (Wildman–Crippen LogP) is 1.55. The molecule has 0 bridgehead atoms. The average molecular weight is 280 g/mol. The molecule has 0 heterocycles. The molecule has 0 saturated heterocycles. The zero-order valence-electron chi connectivity index (χ0n) is 11.8. The quantitative estimate of drug-likeness (QED) is 0.672. The van der Waals surface area contributed by atoms with Gasteiger partial charge in [0, 0.05) is 5.69 Å². The Hall–Kier alpha value is -2.08. The maximum atomic E-state index is 11.6. The number of hydrogen-bond acceptors (Lipinski definition) is 3. The summed E-state index contributed by atoms with van der Waals surface area (Å²) in [5, 5.41) is 22.2. The van der Waals surface area contributed by atoms with Gasteiger partial charge in [-0.1, -0.05) is 32.9 Å². The molecule has 1 aromatic rings. The maximum Gasteiger partial charge on any atom is 0.328 e. The molecule has 2 amide bonds. The van der Waals surface area contributed by atoms with Crippen LogP contribution in [-0.2, 0) is 10.2 Å². The Bertz CT molecular complexity index is 477. The highest BCUT2D eigenvalue weighted by atomic mass is 16.4. The van der Waals surface area contributed by atoms with Gasteiger partial charge in [-0.25, -0.2) is 9.59 Å². The number of hydrogen-bond donors (Lipinski definition) is 4. The molecule has 0 radical (unpaired) electrons. The van der Waals surface area contributed by atoms with Crippen LogP contribution in [0, 0.1) is 0 Å². The number of aliphatic carboxylic acids is 1. The van der Waals surface area contributed by atoms with Crippen LogP contribution in [0.2, 0.25) is 0 Å². The van der Waals surface area contributed by atoms with Gasteiger partial charge < -0.3 is 20.8 Å². The van der Waals surface area contributed by atoms with E-state index in [4.69, 9.17) is 10.2 Å². The van der Waals surface area contributed by atoms with Gasteiger partial charge >= 0.3 is 12.0 Å². The summed E-state index contributed by atoms with van der Waals surface area (Å²) in [6.45, 7) is 5.59. The normalized spacial score (nSPS) is 12.6. The first-order valence-electron chi connectivity index (χ1n) is 6.26. The highest BCUT2D eigenvalue weighted by Gasteiger charge is 2.18. The second kappa shape index (κ2) is 6.38. The van der Waals surface area contributed by atoms with Crippen LogP contribution >= 0.6 is 0 Å². The van der Waals surface area contributed by atoms with Gasteiger partial charge in [-0.15, -0.1) is 0 Å². The number of aliphatic hydroxyl groups is 1. The Labute approximate surface area is 117 Å². The highest BCUT2D eigenvalue weighted by Crippen LogP contribution is 2.23. The average Bonchev–Trinajstić information content (AvgIpc) is 2.35. The van der Waals surface area contributed by atoms with Crippen molar-refractivity contribution in [1.82, 2.24) is 5.32 Å². The molecule has 4 N–H and O–H groups in total. The molecule has 0 fully saturated rings. The van der Waals surface area contributed by atoms with Crippen molar-refractivity contribution in [3.8, 4) is 0 Å². The fraction of sp³-hybridized carbons (Fsp3) is 0.429. The Morgan fingerprint density at radius 2 is 1.75 bits per heavy atom. The summed E-state index contributed by atoms with van der Waals surface area (Å²) >= 11 is 0. The molecule has 1 rings (SSSR count). The van der Waals surface area contributed by atoms with E-state index in [9.17, 15) is 9.59 Å². The molecule has 0 aromatic heterocycles. The fourth-order valence-electron chi connectivity index (χ4n) is 1.56. The van der Waals surface area contributed by atoms with E-state index in [0.29, 0.717) is 5.69 Å². The number of aliphatic hydroxyl groups excluding tert-OH is 1. The van der Waals surface area contributed by atoms with Gasteiger partial charge in [0.15, 0.2) is 6.04 Å². The lowest BCUT2D eigenvalue weighted by Gasteiger charge is -2.19. The lowest BCUT2D eigenvalue weighted by molar-refractivity contribution is -0.140. The van der Waals surface area contributed by atoms with Crippen molar-refractivity contribution < 1.29 is 19.8 Å². The van der Waals surface area contributed by atoms with Gasteiger partial charge in [-0.3, -0.25) is 0 Å². The standard InChI is InChI=1S/C14H20N2O4/c1-14(2,3)9-4-6-10(7-5-9)15-13(20)16-11(8-17)12(18)19/h4-7,11,17H,8H2,1-3H3,(H,18,19)(H2,15,16,20)/t11-/m1/s1. The minimum absolute atomic E-state index is 0.0199. The van der Waals surface area contributed by atoms with Crippen LogP contribution in [0.1, 0.15) is 26.3 Å². The van der Waals surface area contributed by atoms with Gasteiger partial charge in [-0.2, -0.15) is 0 Å². The molecule has 1 aromatic carbocycles. The molecule has 20 heavy (non-hydrogen) atoms. The molecule has 0 aliphatic carbocycles. The minimum atomic E-state index is -1.32. The summed E-state index contributed by atoms with van der Waals surface area (Å²) in [6.07, 6.45) is 0. The molecular formula is C14H20N2O4. The third-order valence-corrected chi connectivity index (χ3v) is 2.79. The number of rotatable bonds is 4. The highest BCUT2D eigenvalue weighted by molar-refractivity contribution is 5.92. The molecule has 110 valence electrons. The Morgan fingerprint density at radius 1 is 1.20 bits per heavy atom. The Balaban J connectivity index is 2.65. The SMILES string of the molecule is CC(C)(C)c1ccc(NC(=O)N[C@H](CO)C(=O)O)cc1. The summed E-state index contributed by atoms with van der Waals surface area (Å²) in [6, 6.07) is 5.30. The summed E-state index contributed by atoms with van der Waals surface area (Å²) in [5.74, 6) is -1.29. The number of carbonyl (C=O) groups excluding carboxylic acids is 1. The molecule has 0 unspecified atom stereocenters. The molecule has 0 spiro atoms. The van der Waals surface area contributed by atoms with Crippen LogP contribution in [0.5, 0.6) is 0 Å². The van der Waals surface area contributed by atoms with Crippen LogP contribution in [0.25, 0.3) is 0 Å². The zero-order valence-corrected chi connectivity index (χ0v) is 11.8. The van der Waals surface area contributed by atoms with E-state index in [1.165, 1.54) is 0 Å². The van der Waals surface area contributed by atoms with Crippen molar-refractivity contribution in [2.45, 2.75) is 32.2 Å². The molecular weight excluding hydrogens is 260 g/mol. The number of carbonyl (C=O) groups is 2. The molecule has 0 saturated carbocycles. The lowest BCUT2D eigenvalue weighted by atomic mass is 9.87. The van der Waals surface area contributed by atoms with Crippen LogP contribution < -0.4 is 10.6 Å². The van der Waals surface area contributed by atoms with Crippen LogP contribution in [0.15, 0.2) is 24.3 Å². The molecule has 6 nitrogen and oxygen atoms in total. The van der Waals surface area contributed by atoms with Gasteiger partial charge in [0.1, 0.15) is 0 Å². The second-order valence-electron chi connectivity index (χ2n) is 5.50. The number of urea groups is 1. The van der Waals surface area contributed by atoms with Crippen molar-refractivity contribution in [1.29, 1.82) is 0 Å². The molecule has 1 atom stereocenters. The van der Waals surface area contributed by atoms with E-state index in [1.54, 1.807) is 12.1 Å². The van der Waals surface area contributed by atoms with Crippen LogP contribution in [0.3, 0.4) is 0 Å². The Morgan fingerprint density at radius 3 is 2.15 bits per heavy atom. The largest absolute Gasteiger partial charge is 0.480 e.